The summed E-state index contributed by atoms with van der Waals surface area (Å²) in [4.78, 5) is 18.0. The SMILES string of the molecule is CC#Cc1ccc2c(c1)-c1cc([C@]3(C)CC(=O)N(C)C(N)=N3)ccc1C2(F)F. The van der Waals surface area contributed by atoms with Crippen molar-refractivity contribution in [1.29, 1.82) is 0 Å². The first-order valence-electron chi connectivity index (χ1n) is 8.90. The van der Waals surface area contributed by atoms with Gasteiger partial charge in [0.15, 0.2) is 5.96 Å². The molecule has 0 radical (unpaired) electrons. The van der Waals surface area contributed by atoms with E-state index in [-0.39, 0.29) is 29.4 Å². The van der Waals surface area contributed by atoms with E-state index in [4.69, 9.17) is 5.73 Å². The van der Waals surface area contributed by atoms with Crippen LogP contribution < -0.4 is 5.73 Å². The highest BCUT2D eigenvalue weighted by atomic mass is 19.3. The molecule has 2 N–H and O–H groups in total. The molecular weight excluding hydrogens is 360 g/mol. The average Bonchev–Trinajstić information content (AvgIpc) is 2.87. The quantitative estimate of drug-likeness (QED) is 0.770. The van der Waals surface area contributed by atoms with Crippen molar-refractivity contribution in [2.75, 3.05) is 7.05 Å². The fraction of sp³-hybridized carbons (Fsp3) is 0.273. The maximum absolute atomic E-state index is 14.9. The van der Waals surface area contributed by atoms with Crippen LogP contribution in [0.15, 0.2) is 41.4 Å². The first-order valence-corrected chi connectivity index (χ1v) is 8.90. The smallest absolute Gasteiger partial charge is 0.299 e. The predicted octanol–water partition coefficient (Wildman–Crippen LogP) is 3.57. The van der Waals surface area contributed by atoms with Crippen molar-refractivity contribution in [2.24, 2.45) is 10.7 Å². The number of alkyl halides is 2. The van der Waals surface area contributed by atoms with Crippen LogP contribution in [-0.4, -0.2) is 23.8 Å². The molecule has 1 atom stereocenters. The van der Waals surface area contributed by atoms with Crippen molar-refractivity contribution in [3.63, 3.8) is 0 Å². The van der Waals surface area contributed by atoms with Gasteiger partial charge in [-0.3, -0.25) is 9.69 Å². The number of guanidine groups is 1. The second-order valence-electron chi connectivity index (χ2n) is 7.34. The largest absolute Gasteiger partial charge is 0.369 e. The van der Waals surface area contributed by atoms with Gasteiger partial charge >= 0.3 is 0 Å². The van der Waals surface area contributed by atoms with Crippen molar-refractivity contribution in [2.45, 2.75) is 31.7 Å². The third-order valence-corrected chi connectivity index (χ3v) is 5.47. The number of hydrogen-bond donors (Lipinski definition) is 1. The lowest BCUT2D eigenvalue weighted by atomic mass is 9.85. The minimum absolute atomic E-state index is 0.0334. The molecule has 0 spiro atoms. The van der Waals surface area contributed by atoms with E-state index in [2.05, 4.69) is 16.8 Å². The highest BCUT2D eigenvalue weighted by Crippen LogP contribution is 2.52. The van der Waals surface area contributed by atoms with E-state index in [9.17, 15) is 13.6 Å². The Morgan fingerprint density at radius 2 is 1.79 bits per heavy atom. The van der Waals surface area contributed by atoms with Gasteiger partial charge in [0.05, 0.1) is 12.0 Å². The van der Waals surface area contributed by atoms with Gasteiger partial charge in [-0.2, -0.15) is 8.78 Å². The Balaban J connectivity index is 1.90. The third kappa shape index (κ3) is 2.50. The van der Waals surface area contributed by atoms with Crippen molar-refractivity contribution in [3.05, 3.63) is 58.7 Å². The predicted molar refractivity (Wildman–Crippen MR) is 104 cm³/mol. The summed E-state index contributed by atoms with van der Waals surface area (Å²) >= 11 is 0. The molecule has 1 amide bonds. The summed E-state index contributed by atoms with van der Waals surface area (Å²) in [7, 11) is 1.57. The lowest BCUT2D eigenvalue weighted by molar-refractivity contribution is -0.128. The number of nitrogens with zero attached hydrogens (tertiary/aromatic N) is 2. The lowest BCUT2D eigenvalue weighted by Gasteiger charge is -2.34. The molecule has 0 fully saturated rings. The number of halogens is 2. The van der Waals surface area contributed by atoms with E-state index >= 15 is 0 Å². The number of aliphatic imine (C=N–C) groups is 1. The van der Waals surface area contributed by atoms with Crippen LogP contribution in [0.5, 0.6) is 0 Å². The zero-order valence-corrected chi connectivity index (χ0v) is 15.8. The average molecular weight is 379 g/mol. The molecule has 142 valence electrons. The van der Waals surface area contributed by atoms with Gasteiger partial charge in [-0.1, -0.05) is 24.1 Å². The zero-order chi connectivity index (χ0) is 20.3. The van der Waals surface area contributed by atoms with E-state index in [1.165, 1.54) is 17.0 Å². The number of amides is 1. The molecule has 0 unspecified atom stereocenters. The van der Waals surface area contributed by atoms with E-state index < -0.39 is 11.5 Å². The standard InChI is InChI=1S/C22H19F2N3O/c1-4-5-13-6-8-17-15(10-13)16-11-14(7-9-18(16)22(17,23)24)21(2)12-19(28)27(3)20(25)26-21/h6-11H,12H2,1-3H3,(H2,25,26)/t21-/m0/s1. The van der Waals surface area contributed by atoms with Crippen LogP contribution in [0.3, 0.4) is 0 Å². The van der Waals surface area contributed by atoms with Gasteiger partial charge in [-0.05, 0) is 48.7 Å². The highest BCUT2D eigenvalue weighted by Gasteiger charge is 2.45. The fourth-order valence-corrected chi connectivity index (χ4v) is 3.86. The second kappa shape index (κ2) is 5.90. The van der Waals surface area contributed by atoms with Crippen LogP contribution in [0.25, 0.3) is 11.1 Å². The maximum atomic E-state index is 14.9. The molecule has 0 saturated carbocycles. The van der Waals surface area contributed by atoms with Gasteiger partial charge in [0, 0.05) is 23.7 Å². The molecule has 1 aliphatic carbocycles. The van der Waals surface area contributed by atoms with Gasteiger partial charge in [-0.15, -0.1) is 5.92 Å². The number of hydrogen-bond acceptors (Lipinski definition) is 3. The Labute approximate surface area is 162 Å². The van der Waals surface area contributed by atoms with Crippen LogP contribution in [0, 0.1) is 11.8 Å². The first kappa shape index (κ1) is 18.2. The number of benzene rings is 2. The Kier molecular flexibility index (Phi) is 3.83. The molecule has 4 rings (SSSR count). The summed E-state index contributed by atoms with van der Waals surface area (Å²) < 4.78 is 29.9. The molecule has 0 bridgehead atoms. The van der Waals surface area contributed by atoms with Crippen molar-refractivity contribution in [3.8, 4) is 23.0 Å². The number of fused-ring (bicyclic) bond motifs is 3. The molecule has 1 heterocycles. The molecule has 4 nitrogen and oxygen atoms in total. The minimum Gasteiger partial charge on any atom is -0.369 e. The van der Waals surface area contributed by atoms with Gasteiger partial charge in [-0.25, -0.2) is 4.99 Å². The Morgan fingerprint density at radius 1 is 1.14 bits per heavy atom. The normalized spacial score (nSPS) is 22.1. The molecule has 2 aromatic rings. The Bertz CT molecular complexity index is 1110. The molecule has 2 aliphatic rings. The van der Waals surface area contributed by atoms with Crippen LogP contribution in [-0.2, 0) is 16.3 Å². The molecular formula is C22H19F2N3O. The van der Waals surface area contributed by atoms with Crippen LogP contribution in [0.2, 0.25) is 0 Å². The molecule has 6 heteroatoms. The van der Waals surface area contributed by atoms with Crippen LogP contribution >= 0.6 is 0 Å². The fourth-order valence-electron chi connectivity index (χ4n) is 3.86. The number of carbonyl (C=O) groups excluding carboxylic acids is 1. The van der Waals surface area contributed by atoms with E-state index in [0.29, 0.717) is 22.3 Å². The minimum atomic E-state index is -3.08. The lowest BCUT2D eigenvalue weighted by Crippen LogP contribution is -2.47. The van der Waals surface area contributed by atoms with Gasteiger partial charge in [0.1, 0.15) is 0 Å². The highest BCUT2D eigenvalue weighted by molar-refractivity contribution is 5.98. The van der Waals surface area contributed by atoms with Gasteiger partial charge in [0.25, 0.3) is 5.92 Å². The van der Waals surface area contributed by atoms with Crippen molar-refractivity contribution in [1.82, 2.24) is 4.90 Å². The summed E-state index contributed by atoms with van der Waals surface area (Å²) in [6.45, 7) is 3.49. The summed E-state index contributed by atoms with van der Waals surface area (Å²) in [5, 5.41) is 0. The van der Waals surface area contributed by atoms with Gasteiger partial charge < -0.3 is 5.73 Å². The summed E-state index contributed by atoms with van der Waals surface area (Å²) in [6.07, 6.45) is 0.119. The number of nitrogens with two attached hydrogens (primary N) is 1. The third-order valence-electron chi connectivity index (χ3n) is 5.47. The maximum Gasteiger partial charge on any atom is 0.299 e. The Morgan fingerprint density at radius 3 is 2.43 bits per heavy atom. The Hall–Kier alpha value is -3.20. The molecule has 2 aromatic carbocycles. The molecule has 28 heavy (non-hydrogen) atoms. The summed E-state index contributed by atoms with van der Waals surface area (Å²) in [5.41, 5.74) is 7.16. The first-order chi connectivity index (χ1) is 13.2. The van der Waals surface area contributed by atoms with Gasteiger partial charge in [0.2, 0.25) is 5.91 Å². The molecule has 0 aromatic heterocycles. The van der Waals surface area contributed by atoms with Crippen LogP contribution in [0.1, 0.15) is 42.5 Å². The second-order valence-corrected chi connectivity index (χ2v) is 7.34. The topological polar surface area (TPSA) is 58.7 Å². The van der Waals surface area contributed by atoms with E-state index in [1.807, 2.05) is 0 Å². The van der Waals surface area contributed by atoms with E-state index in [1.54, 1.807) is 45.2 Å². The number of carbonyl (C=O) groups is 1. The monoisotopic (exact) mass is 379 g/mol. The number of rotatable bonds is 1. The van der Waals surface area contributed by atoms with E-state index in [0.717, 1.165) is 0 Å². The van der Waals surface area contributed by atoms with Crippen molar-refractivity contribution < 1.29 is 13.6 Å². The van der Waals surface area contributed by atoms with Crippen LogP contribution in [0.4, 0.5) is 8.78 Å². The summed E-state index contributed by atoms with van der Waals surface area (Å²) in [5.74, 6) is 2.58. The molecule has 1 aliphatic heterocycles. The van der Waals surface area contributed by atoms with Crippen molar-refractivity contribution >= 4 is 11.9 Å². The summed E-state index contributed by atoms with van der Waals surface area (Å²) in [6, 6.07) is 9.47. The zero-order valence-electron chi connectivity index (χ0n) is 15.8. The molecule has 0 saturated heterocycles.